The van der Waals surface area contributed by atoms with Gasteiger partial charge in [-0.2, -0.15) is 0 Å². The van der Waals surface area contributed by atoms with Crippen LogP contribution >= 0.6 is 0 Å². The van der Waals surface area contributed by atoms with Gasteiger partial charge in [0.25, 0.3) is 0 Å². The smallest absolute Gasteiger partial charge is 0.242 e. The molecule has 1 aromatic heterocycles. The van der Waals surface area contributed by atoms with Crippen molar-refractivity contribution in [2.24, 2.45) is 5.73 Å². The van der Waals surface area contributed by atoms with Gasteiger partial charge in [0.15, 0.2) is 0 Å². The van der Waals surface area contributed by atoms with Crippen LogP contribution in [0.1, 0.15) is 32.4 Å². The maximum atomic E-state index is 12.5. The Morgan fingerprint density at radius 2 is 2.30 bits per heavy atom. The molecule has 2 heterocycles. The average molecular weight is 301 g/mol. The van der Waals surface area contributed by atoms with Crippen LogP contribution in [0.2, 0.25) is 0 Å². The molecule has 3 N–H and O–H groups in total. The van der Waals surface area contributed by atoms with Crippen molar-refractivity contribution >= 4 is 10.0 Å². The summed E-state index contributed by atoms with van der Waals surface area (Å²) in [5, 5.41) is 0. The Kier molecular flexibility index (Phi) is 4.53. The molecule has 1 unspecified atom stereocenters. The van der Waals surface area contributed by atoms with Gasteiger partial charge in [-0.3, -0.25) is 0 Å². The zero-order valence-corrected chi connectivity index (χ0v) is 12.9. The van der Waals surface area contributed by atoms with Crippen LogP contribution in [0.25, 0.3) is 0 Å². The Hall–Kier alpha value is -0.890. The Labute approximate surface area is 120 Å². The number of aryl methyl sites for hydroxylation is 1. The van der Waals surface area contributed by atoms with E-state index in [0.717, 1.165) is 18.7 Å². The molecule has 1 saturated heterocycles. The average Bonchev–Trinajstić information content (AvgIpc) is 2.96. The van der Waals surface area contributed by atoms with Crippen molar-refractivity contribution in [1.82, 2.24) is 9.29 Å². The van der Waals surface area contributed by atoms with Crippen LogP contribution in [-0.4, -0.2) is 31.7 Å². The minimum Gasteiger partial charge on any atom is -0.379 e. The minimum absolute atomic E-state index is 0.277. The summed E-state index contributed by atoms with van der Waals surface area (Å²) in [6, 6.07) is 1.65. The summed E-state index contributed by atoms with van der Waals surface area (Å²) in [6.07, 6.45) is 3.28. The minimum atomic E-state index is -3.54. The number of nitrogens with zero attached hydrogens (tertiary/aromatic N) is 1. The lowest BCUT2D eigenvalue weighted by molar-refractivity contribution is 0.178. The number of hydrogen-bond donors (Lipinski definition) is 2. The molecular weight excluding hydrogens is 278 g/mol. The molecule has 114 valence electrons. The van der Waals surface area contributed by atoms with Gasteiger partial charge in [0.2, 0.25) is 10.0 Å². The lowest BCUT2D eigenvalue weighted by Crippen LogP contribution is -2.46. The number of ether oxygens (including phenoxy) is 1. The third-order valence-corrected chi connectivity index (χ3v) is 5.15. The Bertz CT molecular complexity index is 559. The van der Waals surface area contributed by atoms with Crippen LogP contribution in [0.5, 0.6) is 0 Å². The Balaban J connectivity index is 2.25. The topological polar surface area (TPSA) is 86.3 Å². The van der Waals surface area contributed by atoms with Crippen LogP contribution in [0.3, 0.4) is 0 Å². The van der Waals surface area contributed by atoms with Crippen LogP contribution in [0, 0.1) is 0 Å². The molecule has 20 heavy (non-hydrogen) atoms. The van der Waals surface area contributed by atoms with Crippen LogP contribution in [0.4, 0.5) is 0 Å². The van der Waals surface area contributed by atoms with Crippen LogP contribution in [0.15, 0.2) is 17.2 Å². The molecule has 0 aliphatic carbocycles. The normalized spacial score (nSPS) is 23.4. The van der Waals surface area contributed by atoms with E-state index in [-0.39, 0.29) is 4.90 Å². The van der Waals surface area contributed by atoms with E-state index < -0.39 is 15.6 Å². The number of nitrogens with two attached hydrogens (primary N) is 1. The first-order valence-electron chi connectivity index (χ1n) is 6.91. The highest BCUT2D eigenvalue weighted by Crippen LogP contribution is 2.22. The van der Waals surface area contributed by atoms with Gasteiger partial charge >= 0.3 is 0 Å². The van der Waals surface area contributed by atoms with Gasteiger partial charge in [0.1, 0.15) is 0 Å². The first-order valence-corrected chi connectivity index (χ1v) is 8.39. The van der Waals surface area contributed by atoms with E-state index in [0.29, 0.717) is 26.2 Å². The molecule has 1 aliphatic heterocycles. The van der Waals surface area contributed by atoms with E-state index in [2.05, 4.69) is 4.72 Å². The standard InChI is InChI=1S/C13H23N3O3S/c1-3-5-16-9-12(7-11(16)8-14)20(17,18)15-13(2)4-6-19-10-13/h7,9,15H,3-6,8,10,14H2,1-2H3. The summed E-state index contributed by atoms with van der Waals surface area (Å²) < 4.78 is 34.8. The van der Waals surface area contributed by atoms with Crippen LogP contribution < -0.4 is 10.5 Å². The summed E-state index contributed by atoms with van der Waals surface area (Å²) in [7, 11) is -3.54. The molecule has 0 bridgehead atoms. The second-order valence-electron chi connectivity index (χ2n) is 5.53. The summed E-state index contributed by atoms with van der Waals surface area (Å²) in [6.45, 7) is 6.00. The predicted molar refractivity (Wildman–Crippen MR) is 76.8 cm³/mol. The Morgan fingerprint density at radius 1 is 1.55 bits per heavy atom. The summed E-state index contributed by atoms with van der Waals surface area (Å²) in [5.41, 5.74) is 5.99. The van der Waals surface area contributed by atoms with Crippen molar-refractivity contribution in [2.75, 3.05) is 13.2 Å². The lowest BCUT2D eigenvalue weighted by atomic mass is 10.0. The van der Waals surface area contributed by atoms with Crippen molar-refractivity contribution in [3.05, 3.63) is 18.0 Å². The second-order valence-corrected chi connectivity index (χ2v) is 7.22. The SMILES string of the molecule is CCCn1cc(S(=O)(=O)NC2(C)CCOC2)cc1CN. The predicted octanol–water partition coefficient (Wildman–Crippen LogP) is 0.814. The molecule has 0 radical (unpaired) electrons. The lowest BCUT2D eigenvalue weighted by Gasteiger charge is -2.22. The largest absolute Gasteiger partial charge is 0.379 e. The molecule has 0 saturated carbocycles. The fraction of sp³-hybridized carbons (Fsp3) is 0.692. The fourth-order valence-electron chi connectivity index (χ4n) is 2.42. The molecule has 1 aromatic rings. The third-order valence-electron chi connectivity index (χ3n) is 3.54. The van der Waals surface area contributed by atoms with Crippen molar-refractivity contribution in [2.45, 2.75) is 50.2 Å². The first kappa shape index (κ1) is 15.5. The van der Waals surface area contributed by atoms with Gasteiger partial charge in [-0.05, 0) is 25.8 Å². The number of aromatic nitrogens is 1. The van der Waals surface area contributed by atoms with Gasteiger partial charge in [-0.1, -0.05) is 6.92 Å². The molecular formula is C13H23N3O3S. The fourth-order valence-corrected chi connectivity index (χ4v) is 3.91. The van der Waals surface area contributed by atoms with E-state index in [1.807, 2.05) is 18.4 Å². The molecule has 0 amide bonds. The Morgan fingerprint density at radius 3 is 2.85 bits per heavy atom. The maximum Gasteiger partial charge on any atom is 0.242 e. The zero-order valence-electron chi connectivity index (χ0n) is 12.1. The molecule has 1 atom stereocenters. The number of nitrogens with one attached hydrogen (secondary N) is 1. The monoisotopic (exact) mass is 301 g/mol. The molecule has 0 spiro atoms. The van der Waals surface area contributed by atoms with Gasteiger partial charge in [0.05, 0.1) is 17.0 Å². The van der Waals surface area contributed by atoms with E-state index >= 15 is 0 Å². The van der Waals surface area contributed by atoms with Gasteiger partial charge in [-0.15, -0.1) is 0 Å². The first-order chi connectivity index (χ1) is 9.40. The molecule has 1 fully saturated rings. The zero-order chi connectivity index (χ0) is 14.8. The van der Waals surface area contributed by atoms with Gasteiger partial charge < -0.3 is 15.0 Å². The van der Waals surface area contributed by atoms with Crippen molar-refractivity contribution in [1.29, 1.82) is 0 Å². The van der Waals surface area contributed by atoms with E-state index in [4.69, 9.17) is 10.5 Å². The number of hydrogen-bond acceptors (Lipinski definition) is 4. The molecule has 7 heteroatoms. The van der Waals surface area contributed by atoms with Crippen LogP contribution in [-0.2, 0) is 27.8 Å². The third kappa shape index (κ3) is 3.22. The van der Waals surface area contributed by atoms with Gasteiger partial charge in [0, 0.05) is 31.6 Å². The van der Waals surface area contributed by atoms with E-state index in [1.54, 1.807) is 12.3 Å². The molecule has 1 aliphatic rings. The highest BCUT2D eigenvalue weighted by molar-refractivity contribution is 7.89. The van der Waals surface area contributed by atoms with E-state index in [9.17, 15) is 8.42 Å². The number of sulfonamides is 1. The summed E-state index contributed by atoms with van der Waals surface area (Å²) in [4.78, 5) is 0.277. The molecule has 2 rings (SSSR count). The van der Waals surface area contributed by atoms with Gasteiger partial charge in [-0.25, -0.2) is 13.1 Å². The highest BCUT2D eigenvalue weighted by Gasteiger charge is 2.35. The second kappa shape index (κ2) is 5.85. The highest BCUT2D eigenvalue weighted by atomic mass is 32.2. The summed E-state index contributed by atoms with van der Waals surface area (Å²) >= 11 is 0. The number of rotatable bonds is 6. The maximum absolute atomic E-state index is 12.5. The van der Waals surface area contributed by atoms with Crippen molar-refractivity contribution in [3.8, 4) is 0 Å². The molecule has 0 aromatic carbocycles. The quantitative estimate of drug-likeness (QED) is 0.814. The van der Waals surface area contributed by atoms with Crippen molar-refractivity contribution in [3.63, 3.8) is 0 Å². The van der Waals surface area contributed by atoms with E-state index in [1.165, 1.54) is 0 Å². The summed E-state index contributed by atoms with van der Waals surface area (Å²) in [5.74, 6) is 0. The molecule has 6 nitrogen and oxygen atoms in total. The van der Waals surface area contributed by atoms with Crippen molar-refractivity contribution < 1.29 is 13.2 Å².